The Morgan fingerprint density at radius 1 is 1.41 bits per heavy atom. The van der Waals surface area contributed by atoms with Gasteiger partial charge in [-0.1, -0.05) is 5.92 Å². The van der Waals surface area contributed by atoms with Crippen molar-refractivity contribution in [2.24, 2.45) is 0 Å². The van der Waals surface area contributed by atoms with Gasteiger partial charge in [0.05, 0.1) is 12.9 Å². The molecule has 0 amide bonds. The first-order valence-electron chi connectivity index (χ1n) is 6.31. The Morgan fingerprint density at radius 2 is 2.14 bits per heavy atom. The van der Waals surface area contributed by atoms with E-state index in [9.17, 15) is 15.3 Å². The third-order valence-electron chi connectivity index (χ3n) is 3.64. The quantitative estimate of drug-likeness (QED) is 0.380. The maximum absolute atomic E-state index is 10.2. The average Bonchev–Trinajstić information content (AvgIpc) is 3.01. The van der Waals surface area contributed by atoms with E-state index in [1.165, 1.54) is 10.9 Å². The lowest BCUT2D eigenvalue weighted by Crippen LogP contribution is -2.44. The van der Waals surface area contributed by atoms with Crippen LogP contribution < -0.4 is 11.5 Å². The summed E-state index contributed by atoms with van der Waals surface area (Å²) in [6, 6.07) is 0. The van der Waals surface area contributed by atoms with E-state index >= 15 is 0 Å². The van der Waals surface area contributed by atoms with E-state index in [2.05, 4.69) is 20.9 Å². The van der Waals surface area contributed by atoms with Crippen molar-refractivity contribution in [1.29, 1.82) is 0 Å². The number of rotatable bonds is 2. The number of aliphatic hydroxyl groups excluding tert-OH is 3. The third-order valence-corrected chi connectivity index (χ3v) is 3.64. The molecule has 0 spiro atoms. The first-order chi connectivity index (χ1) is 10.4. The number of nitrogen functional groups attached to an aromatic ring is 2. The van der Waals surface area contributed by atoms with Crippen LogP contribution in [0.5, 0.6) is 0 Å². The van der Waals surface area contributed by atoms with Gasteiger partial charge in [0.25, 0.3) is 0 Å². The van der Waals surface area contributed by atoms with Crippen LogP contribution >= 0.6 is 0 Å². The normalized spacial score (nSPS) is 31.5. The Kier molecular flexibility index (Phi) is 3.15. The highest BCUT2D eigenvalue weighted by Gasteiger charge is 2.54. The number of hydrogen-bond donors (Lipinski definition) is 5. The highest BCUT2D eigenvalue weighted by atomic mass is 16.6. The van der Waals surface area contributed by atoms with Crippen molar-refractivity contribution in [1.82, 2.24) is 19.5 Å². The Balaban J connectivity index is 2.11. The molecule has 3 heterocycles. The monoisotopic (exact) mass is 306 g/mol. The highest BCUT2D eigenvalue weighted by molar-refractivity contribution is 5.82. The standard InChI is InChI=1S/C12H14N6O4/c1-2-12(3-19)7(21)6(20)10(22-12)18-4-15-5-8(13)16-11(14)17-9(5)18/h1,4,6-7,10,19-21H,3H2,(H4,13,14,16,17)/t6-,7?,10+,12+/m0/s1. The summed E-state index contributed by atoms with van der Waals surface area (Å²) in [5, 5.41) is 29.6. The number of hydrogen-bond acceptors (Lipinski definition) is 9. The number of aromatic nitrogens is 4. The molecular formula is C12H14N6O4. The van der Waals surface area contributed by atoms with E-state index in [1.807, 2.05) is 0 Å². The lowest BCUT2D eigenvalue weighted by molar-refractivity contribution is -0.0910. The van der Waals surface area contributed by atoms with Gasteiger partial charge in [-0.3, -0.25) is 4.57 Å². The first kappa shape index (κ1) is 14.5. The maximum Gasteiger partial charge on any atom is 0.224 e. The van der Waals surface area contributed by atoms with E-state index in [0.717, 1.165) is 0 Å². The van der Waals surface area contributed by atoms with Crippen LogP contribution in [-0.4, -0.2) is 59.3 Å². The number of imidazole rings is 1. The minimum atomic E-state index is -1.72. The van der Waals surface area contributed by atoms with Crippen molar-refractivity contribution in [2.75, 3.05) is 18.1 Å². The molecule has 1 aliphatic heterocycles. The summed E-state index contributed by atoms with van der Waals surface area (Å²) in [4.78, 5) is 11.8. The molecule has 10 nitrogen and oxygen atoms in total. The van der Waals surface area contributed by atoms with Gasteiger partial charge >= 0.3 is 0 Å². The van der Waals surface area contributed by atoms with Crippen molar-refractivity contribution < 1.29 is 20.1 Å². The van der Waals surface area contributed by atoms with Crippen LogP contribution in [0.4, 0.5) is 11.8 Å². The van der Waals surface area contributed by atoms with Gasteiger partial charge in [0.1, 0.15) is 17.7 Å². The van der Waals surface area contributed by atoms with Gasteiger partial charge in [-0.15, -0.1) is 6.42 Å². The Morgan fingerprint density at radius 3 is 2.73 bits per heavy atom. The van der Waals surface area contributed by atoms with E-state index in [-0.39, 0.29) is 22.9 Å². The molecule has 3 rings (SSSR count). The predicted molar refractivity (Wildman–Crippen MR) is 74.9 cm³/mol. The molecule has 0 saturated carbocycles. The van der Waals surface area contributed by atoms with Crippen LogP contribution in [0, 0.1) is 12.3 Å². The molecule has 0 radical (unpaired) electrons. The molecule has 0 aliphatic carbocycles. The van der Waals surface area contributed by atoms with Gasteiger partial charge in [0, 0.05) is 0 Å². The molecule has 7 N–H and O–H groups in total. The van der Waals surface area contributed by atoms with Crippen molar-refractivity contribution >= 4 is 22.9 Å². The van der Waals surface area contributed by atoms with Gasteiger partial charge in [0.2, 0.25) is 5.95 Å². The zero-order valence-electron chi connectivity index (χ0n) is 11.3. The third kappa shape index (κ3) is 1.81. The molecule has 2 aromatic rings. The Bertz CT molecular complexity index is 771. The molecule has 1 unspecified atom stereocenters. The number of fused-ring (bicyclic) bond motifs is 1. The first-order valence-corrected chi connectivity index (χ1v) is 6.31. The molecule has 1 aliphatic rings. The summed E-state index contributed by atoms with van der Waals surface area (Å²) in [6.07, 6.45) is 2.61. The largest absolute Gasteiger partial charge is 0.392 e. The number of ether oxygens (including phenoxy) is 1. The zero-order valence-corrected chi connectivity index (χ0v) is 11.3. The fraction of sp³-hybridized carbons (Fsp3) is 0.417. The van der Waals surface area contributed by atoms with Crippen LogP contribution in [0.15, 0.2) is 6.33 Å². The van der Waals surface area contributed by atoms with Crippen LogP contribution in [0.2, 0.25) is 0 Å². The molecule has 2 aromatic heterocycles. The van der Waals surface area contributed by atoms with Crippen molar-refractivity contribution in [3.63, 3.8) is 0 Å². The number of terminal acetylenes is 1. The van der Waals surface area contributed by atoms with Crippen molar-refractivity contribution in [3.8, 4) is 12.3 Å². The SMILES string of the molecule is C#C[C@]1(CO)O[C@@H](n2cnc3c(N)nc(N)nc32)[C@@H](O)C1O. The van der Waals surface area contributed by atoms with E-state index < -0.39 is 30.6 Å². The fourth-order valence-electron chi connectivity index (χ4n) is 2.45. The summed E-state index contributed by atoms with van der Waals surface area (Å²) >= 11 is 0. The topological polar surface area (TPSA) is 166 Å². The number of nitrogens with zero attached hydrogens (tertiary/aromatic N) is 4. The average molecular weight is 306 g/mol. The maximum atomic E-state index is 10.2. The molecule has 116 valence electrons. The van der Waals surface area contributed by atoms with Crippen molar-refractivity contribution in [2.45, 2.75) is 24.0 Å². The van der Waals surface area contributed by atoms with Gasteiger partial charge in [-0.2, -0.15) is 9.97 Å². The fourth-order valence-corrected chi connectivity index (χ4v) is 2.45. The van der Waals surface area contributed by atoms with E-state index in [1.54, 1.807) is 0 Å². The molecule has 0 bridgehead atoms. The van der Waals surface area contributed by atoms with Gasteiger partial charge in [0.15, 0.2) is 23.3 Å². The number of aliphatic hydroxyl groups is 3. The van der Waals surface area contributed by atoms with Gasteiger partial charge in [-0.25, -0.2) is 4.98 Å². The highest BCUT2D eigenvalue weighted by Crippen LogP contribution is 2.38. The summed E-state index contributed by atoms with van der Waals surface area (Å²) in [7, 11) is 0. The van der Waals surface area contributed by atoms with Crippen molar-refractivity contribution in [3.05, 3.63) is 6.33 Å². The van der Waals surface area contributed by atoms with E-state index in [4.69, 9.17) is 22.6 Å². The number of nitrogens with two attached hydrogens (primary N) is 2. The molecule has 1 fully saturated rings. The Hall–Kier alpha value is -2.45. The summed E-state index contributed by atoms with van der Waals surface area (Å²) in [5.74, 6) is 2.16. The lowest BCUT2D eigenvalue weighted by atomic mass is 9.97. The molecule has 10 heteroatoms. The summed E-state index contributed by atoms with van der Waals surface area (Å²) in [5.41, 5.74) is 10.0. The smallest absolute Gasteiger partial charge is 0.224 e. The van der Waals surface area contributed by atoms with E-state index in [0.29, 0.717) is 0 Å². The van der Waals surface area contributed by atoms with Crippen LogP contribution in [0.1, 0.15) is 6.23 Å². The second-order valence-electron chi connectivity index (χ2n) is 4.93. The number of anilines is 2. The lowest BCUT2D eigenvalue weighted by Gasteiger charge is -2.23. The predicted octanol–water partition coefficient (Wildman–Crippen LogP) is -2.39. The second kappa shape index (κ2) is 4.79. The van der Waals surface area contributed by atoms with Crippen LogP contribution in [-0.2, 0) is 4.74 Å². The molecule has 1 saturated heterocycles. The Labute approximate surface area is 124 Å². The second-order valence-corrected chi connectivity index (χ2v) is 4.93. The molecule has 22 heavy (non-hydrogen) atoms. The molecule has 4 atom stereocenters. The van der Waals surface area contributed by atoms with Crippen LogP contribution in [0.3, 0.4) is 0 Å². The molecule has 0 aromatic carbocycles. The molecular weight excluding hydrogens is 292 g/mol. The van der Waals surface area contributed by atoms with Crippen LogP contribution in [0.25, 0.3) is 11.2 Å². The minimum Gasteiger partial charge on any atom is -0.392 e. The van der Waals surface area contributed by atoms with Gasteiger partial charge < -0.3 is 31.5 Å². The minimum absolute atomic E-state index is 0.0691. The summed E-state index contributed by atoms with van der Waals surface area (Å²) in [6.45, 7) is -0.663. The summed E-state index contributed by atoms with van der Waals surface area (Å²) < 4.78 is 6.82. The zero-order chi connectivity index (χ0) is 16.1. The van der Waals surface area contributed by atoms with Gasteiger partial charge in [-0.05, 0) is 0 Å².